The fourth-order valence-corrected chi connectivity index (χ4v) is 1.45. The third-order valence-corrected chi connectivity index (χ3v) is 2.80. The van der Waals surface area contributed by atoms with Gasteiger partial charge in [-0.2, -0.15) is 0 Å². The Morgan fingerprint density at radius 3 is 2.87 bits per heavy atom. The lowest BCUT2D eigenvalue weighted by atomic mass is 10.1. The van der Waals surface area contributed by atoms with E-state index in [2.05, 4.69) is 21.2 Å². The maximum Gasteiger partial charge on any atom is 0.254 e. The number of nitrogens with one attached hydrogen (secondary N) is 1. The van der Waals surface area contributed by atoms with E-state index in [0.717, 1.165) is 6.42 Å². The molecule has 0 bridgehead atoms. The van der Waals surface area contributed by atoms with Crippen LogP contribution in [0.2, 0.25) is 0 Å². The fraction of sp³-hybridized carbons (Fsp3) is 0.364. The fourth-order valence-electron chi connectivity index (χ4n) is 1.08. The van der Waals surface area contributed by atoms with Gasteiger partial charge in [-0.15, -0.1) is 0 Å². The molecule has 0 saturated heterocycles. The molecule has 15 heavy (non-hydrogen) atoms. The van der Waals surface area contributed by atoms with Crippen molar-refractivity contribution in [1.82, 2.24) is 5.32 Å². The molecule has 0 aliphatic rings. The number of benzene rings is 1. The number of carbonyl (C=O) groups excluding carboxylic acids is 1. The number of hydrogen-bond acceptors (Lipinski definition) is 1. The molecular formula is C11H13BrFNO. The van der Waals surface area contributed by atoms with Gasteiger partial charge in [0.25, 0.3) is 5.91 Å². The van der Waals surface area contributed by atoms with Crippen LogP contribution in [0.5, 0.6) is 0 Å². The zero-order chi connectivity index (χ0) is 11.4. The van der Waals surface area contributed by atoms with E-state index in [-0.39, 0.29) is 17.5 Å². The molecule has 2 nitrogen and oxygen atoms in total. The van der Waals surface area contributed by atoms with Gasteiger partial charge in [-0.1, -0.05) is 13.0 Å². The summed E-state index contributed by atoms with van der Waals surface area (Å²) in [4.78, 5) is 11.6. The monoisotopic (exact) mass is 273 g/mol. The van der Waals surface area contributed by atoms with Gasteiger partial charge in [-0.05, 0) is 41.4 Å². The van der Waals surface area contributed by atoms with E-state index < -0.39 is 5.82 Å². The van der Waals surface area contributed by atoms with Gasteiger partial charge in [-0.3, -0.25) is 4.79 Å². The molecule has 0 radical (unpaired) electrons. The summed E-state index contributed by atoms with van der Waals surface area (Å²) in [5, 5.41) is 2.71. The highest BCUT2D eigenvalue weighted by atomic mass is 79.9. The Bertz CT molecular complexity index is 368. The third kappa shape index (κ3) is 3.02. The Balaban J connectivity index is 2.87. The first-order valence-electron chi connectivity index (χ1n) is 4.81. The summed E-state index contributed by atoms with van der Waals surface area (Å²) in [7, 11) is 0. The van der Waals surface area contributed by atoms with E-state index in [1.165, 1.54) is 6.07 Å². The van der Waals surface area contributed by atoms with E-state index in [1.807, 2.05) is 13.8 Å². The second-order valence-corrected chi connectivity index (χ2v) is 4.24. The highest BCUT2D eigenvalue weighted by Gasteiger charge is 2.14. The summed E-state index contributed by atoms with van der Waals surface area (Å²) in [6.07, 6.45) is 0.821. The maximum absolute atomic E-state index is 13.5. The van der Waals surface area contributed by atoms with E-state index in [4.69, 9.17) is 0 Å². The second kappa shape index (κ2) is 5.26. The molecule has 1 atom stereocenters. The van der Waals surface area contributed by atoms with Crippen LogP contribution in [0.4, 0.5) is 4.39 Å². The molecule has 1 N–H and O–H groups in total. The van der Waals surface area contributed by atoms with Crippen LogP contribution < -0.4 is 5.32 Å². The van der Waals surface area contributed by atoms with Gasteiger partial charge in [0, 0.05) is 6.04 Å². The molecule has 1 rings (SSSR count). The molecule has 1 unspecified atom stereocenters. The summed E-state index contributed by atoms with van der Waals surface area (Å²) < 4.78 is 13.8. The minimum absolute atomic E-state index is 0.0517. The molecule has 0 aliphatic carbocycles. The minimum atomic E-state index is -0.515. The van der Waals surface area contributed by atoms with Crippen molar-refractivity contribution in [2.45, 2.75) is 26.3 Å². The quantitative estimate of drug-likeness (QED) is 0.901. The first kappa shape index (κ1) is 12.2. The highest BCUT2D eigenvalue weighted by molar-refractivity contribution is 9.10. The van der Waals surface area contributed by atoms with Crippen LogP contribution in [0.3, 0.4) is 0 Å². The minimum Gasteiger partial charge on any atom is -0.350 e. The van der Waals surface area contributed by atoms with Crippen LogP contribution in [0.25, 0.3) is 0 Å². The molecule has 0 fully saturated rings. The van der Waals surface area contributed by atoms with Crippen LogP contribution >= 0.6 is 15.9 Å². The van der Waals surface area contributed by atoms with Crippen molar-refractivity contribution in [3.63, 3.8) is 0 Å². The number of rotatable bonds is 3. The lowest BCUT2D eigenvalue weighted by Gasteiger charge is -2.11. The molecule has 1 aromatic rings. The van der Waals surface area contributed by atoms with Crippen molar-refractivity contribution in [1.29, 1.82) is 0 Å². The largest absolute Gasteiger partial charge is 0.350 e. The van der Waals surface area contributed by atoms with E-state index in [9.17, 15) is 9.18 Å². The number of halogens is 2. The van der Waals surface area contributed by atoms with E-state index >= 15 is 0 Å². The lowest BCUT2D eigenvalue weighted by Crippen LogP contribution is -2.32. The van der Waals surface area contributed by atoms with Crippen molar-refractivity contribution < 1.29 is 9.18 Å². The third-order valence-electron chi connectivity index (χ3n) is 2.19. The summed E-state index contributed by atoms with van der Waals surface area (Å²) >= 11 is 3.04. The maximum atomic E-state index is 13.5. The van der Waals surface area contributed by atoms with Gasteiger partial charge in [-0.25, -0.2) is 4.39 Å². The zero-order valence-corrected chi connectivity index (χ0v) is 10.3. The van der Waals surface area contributed by atoms with Crippen molar-refractivity contribution in [2.24, 2.45) is 0 Å². The first-order chi connectivity index (χ1) is 7.06. The van der Waals surface area contributed by atoms with E-state index in [1.54, 1.807) is 12.1 Å². The second-order valence-electron chi connectivity index (χ2n) is 3.38. The van der Waals surface area contributed by atoms with Gasteiger partial charge in [0.1, 0.15) is 5.82 Å². The van der Waals surface area contributed by atoms with E-state index in [0.29, 0.717) is 4.47 Å². The Labute approximate surface area is 97.0 Å². The van der Waals surface area contributed by atoms with Crippen molar-refractivity contribution in [3.05, 3.63) is 34.1 Å². The Hall–Kier alpha value is -0.900. The molecule has 0 spiro atoms. The van der Waals surface area contributed by atoms with Gasteiger partial charge in [0.2, 0.25) is 0 Å². The van der Waals surface area contributed by atoms with Gasteiger partial charge < -0.3 is 5.32 Å². The van der Waals surface area contributed by atoms with Crippen molar-refractivity contribution in [3.8, 4) is 0 Å². The molecule has 4 heteroatoms. The van der Waals surface area contributed by atoms with Gasteiger partial charge in [0.15, 0.2) is 0 Å². The molecule has 0 saturated carbocycles. The Kier molecular flexibility index (Phi) is 4.27. The zero-order valence-electron chi connectivity index (χ0n) is 8.68. The van der Waals surface area contributed by atoms with Crippen LogP contribution in [-0.2, 0) is 0 Å². The Morgan fingerprint density at radius 1 is 1.60 bits per heavy atom. The highest BCUT2D eigenvalue weighted by Crippen LogP contribution is 2.18. The molecule has 0 aliphatic heterocycles. The topological polar surface area (TPSA) is 29.1 Å². The first-order valence-corrected chi connectivity index (χ1v) is 5.60. The average molecular weight is 274 g/mol. The Morgan fingerprint density at radius 2 is 2.27 bits per heavy atom. The summed E-state index contributed by atoms with van der Waals surface area (Å²) in [5.74, 6) is -0.888. The molecular weight excluding hydrogens is 261 g/mol. The van der Waals surface area contributed by atoms with Gasteiger partial charge in [0.05, 0.1) is 10.0 Å². The summed E-state index contributed by atoms with van der Waals surface area (Å²) in [5.41, 5.74) is 0.0738. The average Bonchev–Trinajstić information content (AvgIpc) is 2.21. The SMILES string of the molecule is CCC(C)NC(=O)c1cccc(Br)c1F. The van der Waals surface area contributed by atoms with Crippen LogP contribution in [0, 0.1) is 5.82 Å². The summed E-state index contributed by atoms with van der Waals surface area (Å²) in [6, 6.07) is 4.72. The molecule has 82 valence electrons. The van der Waals surface area contributed by atoms with Crippen molar-refractivity contribution in [2.75, 3.05) is 0 Å². The smallest absolute Gasteiger partial charge is 0.254 e. The summed E-state index contributed by atoms with van der Waals surface area (Å²) in [6.45, 7) is 3.84. The number of hydrogen-bond donors (Lipinski definition) is 1. The predicted octanol–water partition coefficient (Wildman–Crippen LogP) is 3.12. The van der Waals surface area contributed by atoms with Crippen molar-refractivity contribution >= 4 is 21.8 Å². The normalized spacial score (nSPS) is 12.3. The van der Waals surface area contributed by atoms with Gasteiger partial charge >= 0.3 is 0 Å². The molecule has 0 aromatic heterocycles. The molecule has 1 amide bonds. The van der Waals surface area contributed by atoms with Crippen LogP contribution in [-0.4, -0.2) is 11.9 Å². The molecule has 1 aromatic carbocycles. The number of carbonyl (C=O) groups is 1. The standard InChI is InChI=1S/C11H13BrFNO/c1-3-7(2)14-11(15)8-5-4-6-9(12)10(8)13/h4-7H,3H2,1-2H3,(H,14,15). The lowest BCUT2D eigenvalue weighted by molar-refractivity contribution is 0.0935. The van der Waals surface area contributed by atoms with Crippen LogP contribution in [0.15, 0.2) is 22.7 Å². The predicted molar refractivity (Wildman–Crippen MR) is 61.3 cm³/mol. The molecule has 0 heterocycles. The number of amides is 1. The van der Waals surface area contributed by atoms with Crippen LogP contribution in [0.1, 0.15) is 30.6 Å².